The van der Waals surface area contributed by atoms with Gasteiger partial charge >= 0.3 is 0 Å². The number of amides is 1. The molecule has 1 aliphatic carbocycles. The number of carbonyl (C=O) groups is 1. The normalized spacial score (nSPS) is 27.9. The topological polar surface area (TPSA) is 113 Å². The van der Waals surface area contributed by atoms with E-state index < -0.39 is 21.8 Å². The van der Waals surface area contributed by atoms with Crippen LogP contribution in [0.25, 0.3) is 0 Å². The van der Waals surface area contributed by atoms with E-state index in [1.807, 2.05) is 0 Å². The fraction of sp³-hybridized carbons (Fsp3) is 0.727. The van der Waals surface area contributed by atoms with E-state index in [2.05, 4.69) is 11.9 Å². The van der Waals surface area contributed by atoms with Crippen molar-refractivity contribution in [3.05, 3.63) is 24.0 Å². The molecule has 0 N–H and O–H groups in total. The summed E-state index contributed by atoms with van der Waals surface area (Å²) in [6.07, 6.45) is 7.16. The molecule has 0 unspecified atom stereocenters. The third kappa shape index (κ3) is 6.42. The fourth-order valence-electron chi connectivity index (χ4n) is 4.41. The molecule has 0 bridgehead atoms. The van der Waals surface area contributed by atoms with Crippen LogP contribution in [0.15, 0.2) is 18.3 Å². The van der Waals surface area contributed by atoms with Gasteiger partial charge in [-0.1, -0.05) is 6.92 Å². The molecule has 1 aromatic heterocycles. The molecular weight excluding hydrogens is 452 g/mol. The monoisotopic (exact) mass is 486 g/mol. The molecule has 2 aliphatic rings. The number of rotatable bonds is 12. The Kier molecular flexibility index (Phi) is 8.68. The number of likely N-dealkylation sites (tertiary alicyclic amines) is 1. The van der Waals surface area contributed by atoms with E-state index in [4.69, 9.17) is 23.1 Å². The van der Waals surface area contributed by atoms with E-state index in [1.165, 1.54) is 19.1 Å². The summed E-state index contributed by atoms with van der Waals surface area (Å²) in [7, 11) is -0.825. The number of aromatic nitrogens is 1. The quantitative estimate of drug-likeness (QED) is 0.248. The average molecular weight is 487 g/mol. The minimum atomic E-state index is -3.72. The molecule has 1 aromatic rings. The number of hydrogen-bond donors (Lipinski definition) is 0. The molecule has 1 amide bonds. The number of ether oxygens (including phenoxy) is 4. The van der Waals surface area contributed by atoms with Gasteiger partial charge in [-0.15, -0.1) is 0 Å². The van der Waals surface area contributed by atoms with E-state index >= 15 is 0 Å². The predicted molar refractivity (Wildman–Crippen MR) is 119 cm³/mol. The molecule has 1 aliphatic heterocycles. The van der Waals surface area contributed by atoms with Crippen LogP contribution in [0.2, 0.25) is 0 Å². The van der Waals surface area contributed by atoms with Crippen molar-refractivity contribution in [2.75, 3.05) is 40.6 Å². The molecule has 2 atom stereocenters. The van der Waals surface area contributed by atoms with E-state index in [0.29, 0.717) is 11.4 Å². The standard InChI is InChI=1S/C22H34N2O8S/c1-16-5-7-18(8-6-16)32-19-9-10-23-17(11-19)12-22(30-15-29-3)20(13-31-33(4,26)27)24(14-28-2)21(22)25/h9-11,16,18,20H,5-8,12-15H2,1-4H3/t16?,18?,20-,22-/m0/s1. The van der Waals surface area contributed by atoms with Crippen LogP contribution in [-0.4, -0.2) is 82.6 Å². The molecule has 0 spiro atoms. The summed E-state index contributed by atoms with van der Waals surface area (Å²) in [6, 6.07) is 2.89. The molecule has 186 valence electrons. The van der Waals surface area contributed by atoms with Gasteiger partial charge in [-0.05, 0) is 37.7 Å². The lowest BCUT2D eigenvalue weighted by Crippen LogP contribution is -2.77. The van der Waals surface area contributed by atoms with Crippen molar-refractivity contribution in [1.29, 1.82) is 0 Å². The molecule has 0 radical (unpaired) electrons. The van der Waals surface area contributed by atoms with Gasteiger partial charge in [0.05, 0.1) is 25.0 Å². The number of methoxy groups -OCH3 is 2. The minimum Gasteiger partial charge on any atom is -0.490 e. The Morgan fingerprint density at radius 1 is 1.18 bits per heavy atom. The third-order valence-electron chi connectivity index (χ3n) is 6.18. The van der Waals surface area contributed by atoms with Crippen LogP contribution >= 0.6 is 0 Å². The van der Waals surface area contributed by atoms with Crippen molar-refractivity contribution in [3.8, 4) is 5.75 Å². The van der Waals surface area contributed by atoms with Crippen molar-refractivity contribution >= 4 is 16.0 Å². The van der Waals surface area contributed by atoms with Gasteiger partial charge in [0.2, 0.25) is 0 Å². The maximum atomic E-state index is 13.2. The first-order valence-electron chi connectivity index (χ1n) is 11.1. The maximum Gasteiger partial charge on any atom is 0.264 e. The van der Waals surface area contributed by atoms with Gasteiger partial charge < -0.3 is 23.8 Å². The number of pyridine rings is 1. The molecule has 33 heavy (non-hydrogen) atoms. The molecule has 1 saturated heterocycles. The highest BCUT2D eigenvalue weighted by atomic mass is 32.2. The molecule has 1 saturated carbocycles. The van der Waals surface area contributed by atoms with Crippen LogP contribution in [0.5, 0.6) is 5.75 Å². The van der Waals surface area contributed by atoms with Crippen molar-refractivity contribution in [2.45, 2.75) is 56.8 Å². The first-order chi connectivity index (χ1) is 15.7. The average Bonchev–Trinajstić information content (AvgIpc) is 2.77. The Hall–Kier alpha value is -1.79. The van der Waals surface area contributed by atoms with Crippen LogP contribution in [0, 0.1) is 5.92 Å². The van der Waals surface area contributed by atoms with E-state index in [-0.39, 0.29) is 38.6 Å². The van der Waals surface area contributed by atoms with Gasteiger partial charge in [0.1, 0.15) is 19.3 Å². The van der Waals surface area contributed by atoms with Gasteiger partial charge in [-0.2, -0.15) is 8.42 Å². The Balaban J connectivity index is 1.80. The highest BCUT2D eigenvalue weighted by Gasteiger charge is 2.62. The van der Waals surface area contributed by atoms with Gasteiger partial charge in [-0.25, -0.2) is 0 Å². The molecule has 3 rings (SSSR count). The zero-order valence-corrected chi connectivity index (χ0v) is 20.5. The lowest BCUT2D eigenvalue weighted by molar-refractivity contribution is -0.236. The largest absolute Gasteiger partial charge is 0.490 e. The summed E-state index contributed by atoms with van der Waals surface area (Å²) in [5.74, 6) is 1.06. The Morgan fingerprint density at radius 2 is 1.91 bits per heavy atom. The van der Waals surface area contributed by atoms with Crippen molar-refractivity contribution < 1.29 is 36.3 Å². The second-order valence-electron chi connectivity index (χ2n) is 8.80. The summed E-state index contributed by atoms with van der Waals surface area (Å²) >= 11 is 0. The second kappa shape index (κ2) is 11.1. The summed E-state index contributed by atoms with van der Waals surface area (Å²) in [5, 5.41) is 0. The van der Waals surface area contributed by atoms with Gasteiger partial charge in [0, 0.05) is 38.6 Å². The summed E-state index contributed by atoms with van der Waals surface area (Å²) < 4.78 is 50.4. The maximum absolute atomic E-state index is 13.2. The van der Waals surface area contributed by atoms with Crippen molar-refractivity contribution in [1.82, 2.24) is 9.88 Å². The smallest absolute Gasteiger partial charge is 0.264 e. The molecule has 10 nitrogen and oxygen atoms in total. The van der Waals surface area contributed by atoms with E-state index in [0.717, 1.165) is 37.9 Å². The Bertz CT molecular complexity index is 903. The fourth-order valence-corrected chi connectivity index (χ4v) is 4.79. The molecule has 2 fully saturated rings. The molecule has 2 heterocycles. The Labute approximate surface area is 195 Å². The van der Waals surface area contributed by atoms with Crippen molar-refractivity contribution in [3.63, 3.8) is 0 Å². The van der Waals surface area contributed by atoms with Crippen LogP contribution in [-0.2, 0) is 39.7 Å². The first kappa shape index (κ1) is 25.8. The molecule has 0 aromatic carbocycles. The van der Waals surface area contributed by atoms with Crippen LogP contribution < -0.4 is 4.74 Å². The first-order valence-corrected chi connectivity index (χ1v) is 12.9. The second-order valence-corrected chi connectivity index (χ2v) is 10.4. The van der Waals surface area contributed by atoms with Gasteiger partial charge in [0.15, 0.2) is 5.60 Å². The minimum absolute atomic E-state index is 0.0224. The highest BCUT2D eigenvalue weighted by Crippen LogP contribution is 2.38. The van der Waals surface area contributed by atoms with E-state index in [9.17, 15) is 13.2 Å². The zero-order chi connectivity index (χ0) is 24.1. The summed E-state index contributed by atoms with van der Waals surface area (Å²) in [6.45, 7) is 1.81. The van der Waals surface area contributed by atoms with Crippen LogP contribution in [0.1, 0.15) is 38.3 Å². The Morgan fingerprint density at radius 3 is 2.55 bits per heavy atom. The van der Waals surface area contributed by atoms with E-state index in [1.54, 1.807) is 18.3 Å². The predicted octanol–water partition coefficient (Wildman–Crippen LogP) is 1.73. The number of carbonyl (C=O) groups excluding carboxylic acids is 1. The number of nitrogens with zero attached hydrogens (tertiary/aromatic N) is 2. The zero-order valence-electron chi connectivity index (χ0n) is 19.7. The molecule has 11 heteroatoms. The lowest BCUT2D eigenvalue weighted by atomic mass is 9.79. The highest BCUT2D eigenvalue weighted by molar-refractivity contribution is 7.85. The number of β-lactam (4-membered cyclic amide) rings is 1. The SMILES string of the molecule is COCO[C@]1(Cc2cc(OC3CCC(C)CC3)ccn2)C(=O)N(COC)[C@H]1COS(C)(=O)=O. The lowest BCUT2D eigenvalue weighted by Gasteiger charge is -2.54. The summed E-state index contributed by atoms with van der Waals surface area (Å²) in [5.41, 5.74) is -0.812. The summed E-state index contributed by atoms with van der Waals surface area (Å²) in [4.78, 5) is 18.9. The van der Waals surface area contributed by atoms with Crippen LogP contribution in [0.4, 0.5) is 0 Å². The number of hydrogen-bond acceptors (Lipinski definition) is 9. The molecular formula is C22H34N2O8S. The van der Waals surface area contributed by atoms with Crippen LogP contribution in [0.3, 0.4) is 0 Å². The van der Waals surface area contributed by atoms with Crippen molar-refractivity contribution in [2.24, 2.45) is 5.92 Å². The third-order valence-corrected chi connectivity index (χ3v) is 6.74. The van der Waals surface area contributed by atoms with Gasteiger partial charge in [0.25, 0.3) is 16.0 Å². The van der Waals surface area contributed by atoms with Gasteiger partial charge in [-0.3, -0.25) is 14.0 Å².